The summed E-state index contributed by atoms with van der Waals surface area (Å²) < 4.78 is 24.0. The highest BCUT2D eigenvalue weighted by Gasteiger charge is 2.41. The van der Waals surface area contributed by atoms with Gasteiger partial charge in [-0.1, -0.05) is 70.2 Å². The molecular formula is C18H29N2O4PS. The van der Waals surface area contributed by atoms with Crippen LogP contribution in [0.3, 0.4) is 0 Å². The predicted octanol–water partition coefficient (Wildman–Crippen LogP) is 4.35. The fourth-order valence-electron chi connectivity index (χ4n) is 2.25. The molecule has 0 fully saturated rings. The van der Waals surface area contributed by atoms with Crippen LogP contribution in [0.15, 0.2) is 30.3 Å². The van der Waals surface area contributed by atoms with Crippen molar-refractivity contribution < 1.29 is 18.6 Å². The Bertz CT molecular complexity index is 637. The third-order valence-corrected chi connectivity index (χ3v) is 7.32. The van der Waals surface area contributed by atoms with Gasteiger partial charge in [-0.05, 0) is 17.4 Å². The number of thiocarbonyl (C=S) groups is 1. The molecule has 1 rings (SSSR count). The molecule has 1 aromatic carbocycles. The van der Waals surface area contributed by atoms with Crippen LogP contribution in [0.25, 0.3) is 0 Å². The first-order chi connectivity index (χ1) is 12.2. The van der Waals surface area contributed by atoms with Crippen molar-refractivity contribution in [3.63, 3.8) is 0 Å². The van der Waals surface area contributed by atoms with Gasteiger partial charge in [0.05, 0.1) is 0 Å². The van der Waals surface area contributed by atoms with Crippen LogP contribution >= 0.6 is 19.6 Å². The van der Waals surface area contributed by atoms with E-state index >= 15 is 0 Å². The summed E-state index contributed by atoms with van der Waals surface area (Å²) in [5.74, 6) is -0.605. The van der Waals surface area contributed by atoms with Gasteiger partial charge in [0.25, 0.3) is 7.37 Å². The summed E-state index contributed by atoms with van der Waals surface area (Å²) >= 11 is 5.30. The van der Waals surface area contributed by atoms with E-state index in [-0.39, 0.29) is 17.3 Å². The van der Waals surface area contributed by atoms with Gasteiger partial charge in [-0.25, -0.2) is 4.79 Å². The van der Waals surface area contributed by atoms with Crippen LogP contribution in [-0.4, -0.2) is 30.3 Å². The van der Waals surface area contributed by atoms with Crippen LogP contribution in [0.2, 0.25) is 0 Å². The Morgan fingerprint density at radius 3 is 2.31 bits per heavy atom. The van der Waals surface area contributed by atoms with Gasteiger partial charge in [0.15, 0.2) is 4.73 Å². The number of nitrogens with one attached hydrogen (secondary N) is 2. The SMILES string of the molecule is COP(=O)(C(=S)NCC(C)C)C(NC(=O)OCc1ccccc1)C(C)C. The lowest BCUT2D eigenvalue weighted by molar-refractivity contribution is 0.136. The van der Waals surface area contributed by atoms with Crippen molar-refractivity contribution in [1.29, 1.82) is 0 Å². The molecule has 0 aliphatic heterocycles. The molecule has 0 heterocycles. The molecule has 0 aliphatic carbocycles. The summed E-state index contributed by atoms with van der Waals surface area (Å²) in [6.45, 7) is 8.44. The maximum absolute atomic E-state index is 13.3. The van der Waals surface area contributed by atoms with E-state index in [9.17, 15) is 9.36 Å². The molecule has 8 heteroatoms. The third kappa shape index (κ3) is 6.71. The molecule has 0 saturated carbocycles. The molecule has 6 nitrogen and oxygen atoms in total. The molecule has 0 radical (unpaired) electrons. The Balaban J connectivity index is 2.79. The highest BCUT2D eigenvalue weighted by molar-refractivity contribution is 7.99. The molecule has 2 unspecified atom stereocenters. The summed E-state index contributed by atoms with van der Waals surface area (Å²) in [4.78, 5) is 12.2. The summed E-state index contributed by atoms with van der Waals surface area (Å²) in [6, 6.07) is 9.34. The molecule has 0 aromatic heterocycles. The molecule has 0 bridgehead atoms. The van der Waals surface area contributed by atoms with Gasteiger partial charge in [-0.2, -0.15) is 0 Å². The average molecular weight is 400 g/mol. The van der Waals surface area contributed by atoms with Crippen LogP contribution in [0.1, 0.15) is 33.3 Å². The number of ether oxygens (including phenoxy) is 1. The number of carbonyl (C=O) groups is 1. The van der Waals surface area contributed by atoms with Crippen LogP contribution < -0.4 is 10.6 Å². The maximum Gasteiger partial charge on any atom is 0.408 e. The van der Waals surface area contributed by atoms with E-state index in [0.717, 1.165) is 5.56 Å². The number of rotatable bonds is 9. The summed E-state index contributed by atoms with van der Waals surface area (Å²) in [5.41, 5.74) is 0.868. The lowest BCUT2D eigenvalue weighted by atomic mass is 10.2. The zero-order chi connectivity index (χ0) is 19.7. The second-order valence-corrected chi connectivity index (χ2v) is 10.0. The Hall–Kier alpha value is -1.43. The van der Waals surface area contributed by atoms with Crippen LogP contribution in [-0.2, 0) is 20.4 Å². The molecule has 146 valence electrons. The lowest BCUT2D eigenvalue weighted by Crippen LogP contribution is -2.42. The zero-order valence-corrected chi connectivity index (χ0v) is 17.7. The lowest BCUT2D eigenvalue weighted by Gasteiger charge is -2.30. The molecule has 2 N–H and O–H groups in total. The largest absolute Gasteiger partial charge is 0.445 e. The maximum atomic E-state index is 13.3. The summed E-state index contributed by atoms with van der Waals surface area (Å²) in [7, 11) is -2.11. The molecule has 0 spiro atoms. The van der Waals surface area contributed by atoms with Crippen molar-refractivity contribution in [3.05, 3.63) is 35.9 Å². The van der Waals surface area contributed by atoms with Gasteiger partial charge in [0.2, 0.25) is 0 Å². The van der Waals surface area contributed by atoms with E-state index in [4.69, 9.17) is 21.5 Å². The molecule has 1 amide bonds. The predicted molar refractivity (Wildman–Crippen MR) is 108 cm³/mol. The Kier molecular flexibility index (Phi) is 9.27. The Morgan fingerprint density at radius 1 is 1.19 bits per heavy atom. The first kappa shape index (κ1) is 22.6. The van der Waals surface area contributed by atoms with Crippen molar-refractivity contribution in [1.82, 2.24) is 10.6 Å². The minimum absolute atomic E-state index is 0.130. The Morgan fingerprint density at radius 2 is 1.81 bits per heavy atom. The first-order valence-electron chi connectivity index (χ1n) is 8.61. The van der Waals surface area contributed by atoms with Crippen molar-refractivity contribution in [3.8, 4) is 0 Å². The van der Waals surface area contributed by atoms with Gasteiger partial charge in [-0.15, -0.1) is 0 Å². The van der Waals surface area contributed by atoms with E-state index in [1.54, 1.807) is 0 Å². The monoisotopic (exact) mass is 400 g/mol. The molecule has 1 aromatic rings. The average Bonchev–Trinajstić information content (AvgIpc) is 2.62. The summed E-state index contributed by atoms with van der Waals surface area (Å²) in [5, 5.41) is 5.66. The molecule has 26 heavy (non-hydrogen) atoms. The van der Waals surface area contributed by atoms with Crippen molar-refractivity contribution >= 4 is 30.4 Å². The number of carbonyl (C=O) groups excluding carboxylic acids is 1. The van der Waals surface area contributed by atoms with Crippen LogP contribution in [0, 0.1) is 11.8 Å². The highest BCUT2D eigenvalue weighted by atomic mass is 32.1. The third-order valence-electron chi connectivity index (χ3n) is 3.69. The first-order valence-corrected chi connectivity index (χ1v) is 10.7. The van der Waals surface area contributed by atoms with Crippen LogP contribution in [0.5, 0.6) is 0 Å². The van der Waals surface area contributed by atoms with Crippen molar-refractivity contribution in [2.24, 2.45) is 11.8 Å². The van der Waals surface area contributed by atoms with Crippen molar-refractivity contribution in [2.45, 2.75) is 40.1 Å². The van der Waals surface area contributed by atoms with Gasteiger partial charge >= 0.3 is 6.09 Å². The van der Waals surface area contributed by atoms with E-state index in [0.29, 0.717) is 12.5 Å². The van der Waals surface area contributed by atoms with E-state index < -0.39 is 19.2 Å². The topological polar surface area (TPSA) is 76.7 Å². The van der Waals surface area contributed by atoms with E-state index in [1.165, 1.54) is 7.11 Å². The highest BCUT2D eigenvalue weighted by Crippen LogP contribution is 2.53. The molecule has 0 saturated heterocycles. The molecule has 2 atom stereocenters. The van der Waals surface area contributed by atoms with Gasteiger partial charge < -0.3 is 19.9 Å². The number of benzene rings is 1. The van der Waals surface area contributed by atoms with Gasteiger partial charge in [0, 0.05) is 13.7 Å². The minimum Gasteiger partial charge on any atom is -0.445 e. The number of hydrogen-bond donors (Lipinski definition) is 2. The van der Waals surface area contributed by atoms with Gasteiger partial charge in [0.1, 0.15) is 12.4 Å². The quantitative estimate of drug-likeness (QED) is 0.474. The molecular weight excluding hydrogens is 371 g/mol. The second kappa shape index (κ2) is 10.7. The van der Waals surface area contributed by atoms with Gasteiger partial charge in [-0.3, -0.25) is 4.57 Å². The second-order valence-electron chi connectivity index (χ2n) is 6.75. The number of hydrogen-bond acceptors (Lipinski definition) is 5. The van der Waals surface area contributed by atoms with E-state index in [2.05, 4.69) is 10.6 Å². The zero-order valence-electron chi connectivity index (χ0n) is 16.0. The van der Waals surface area contributed by atoms with Crippen molar-refractivity contribution in [2.75, 3.05) is 13.7 Å². The Labute approximate surface area is 161 Å². The number of alkyl carbamates (subject to hydrolysis) is 1. The smallest absolute Gasteiger partial charge is 0.408 e. The normalized spacial score (nSPS) is 14.6. The fraction of sp³-hybridized carbons (Fsp3) is 0.556. The number of amides is 1. The molecule has 0 aliphatic rings. The van der Waals surface area contributed by atoms with Crippen LogP contribution in [0.4, 0.5) is 4.79 Å². The standard InChI is InChI=1S/C18H29N2O4PS/c1-13(2)11-19-18(26)25(22,23-5)16(14(3)4)20-17(21)24-12-15-9-7-6-8-10-15/h6-10,13-14,16H,11-12H2,1-5H3,(H,19,26)(H,20,21). The van der Waals surface area contributed by atoms with E-state index in [1.807, 2.05) is 58.0 Å². The minimum atomic E-state index is -3.45. The summed E-state index contributed by atoms with van der Waals surface area (Å²) in [6.07, 6.45) is -0.656. The fourth-order valence-corrected chi connectivity index (χ4v) is 4.92.